The molecule has 0 amide bonds. The van der Waals surface area contributed by atoms with Crippen molar-refractivity contribution in [3.8, 4) is 0 Å². The number of hydrogen-bond donors (Lipinski definition) is 2. The Kier molecular flexibility index (Phi) is 9.15. The number of hydrogen-bond acceptors (Lipinski definition) is 6. The smallest absolute Gasteiger partial charge is 0.234 e. The summed E-state index contributed by atoms with van der Waals surface area (Å²) in [5, 5.41) is 0.813. The minimum absolute atomic E-state index is 0.0214. The normalized spacial score (nSPS) is 20.3. The maximum atomic E-state index is 14.6. The van der Waals surface area contributed by atoms with Gasteiger partial charge >= 0.3 is 0 Å². The highest BCUT2D eigenvalue weighted by molar-refractivity contribution is 7.92. The van der Waals surface area contributed by atoms with Crippen LogP contribution in [0.5, 0.6) is 0 Å². The highest BCUT2D eigenvalue weighted by Crippen LogP contribution is 2.30. The molecule has 41 heavy (non-hydrogen) atoms. The molecule has 12 heteroatoms. The quantitative estimate of drug-likeness (QED) is 0.381. The first kappa shape index (κ1) is 30.2. The van der Waals surface area contributed by atoms with Crippen LogP contribution in [-0.2, 0) is 26.3 Å². The van der Waals surface area contributed by atoms with Crippen LogP contribution in [0, 0.1) is 23.4 Å². The zero-order valence-corrected chi connectivity index (χ0v) is 23.6. The predicted molar refractivity (Wildman–Crippen MR) is 153 cm³/mol. The molecule has 7 nitrogen and oxygen atoms in total. The van der Waals surface area contributed by atoms with Gasteiger partial charge in [-0.2, -0.15) is 0 Å². The Balaban J connectivity index is 1.75. The molecular weight excluding hydrogens is 575 g/mol. The van der Waals surface area contributed by atoms with E-state index >= 15 is 0 Å². The van der Waals surface area contributed by atoms with Gasteiger partial charge in [0.15, 0.2) is 15.7 Å². The summed E-state index contributed by atoms with van der Waals surface area (Å²) in [6, 6.07) is 16.6. The van der Waals surface area contributed by atoms with Crippen molar-refractivity contribution in [1.29, 1.82) is 0 Å². The number of nitrogens with one attached hydrogen (secondary N) is 1. The van der Waals surface area contributed by atoms with Crippen LogP contribution in [0.3, 0.4) is 0 Å². The van der Waals surface area contributed by atoms with Crippen LogP contribution in [0.25, 0.3) is 0 Å². The summed E-state index contributed by atoms with van der Waals surface area (Å²) in [6.07, 6.45) is 1.07. The highest BCUT2D eigenvalue weighted by atomic mass is 32.2. The number of nitrogens with zero attached hydrogens (tertiary/aromatic N) is 1. The van der Waals surface area contributed by atoms with Gasteiger partial charge in [-0.3, -0.25) is 0 Å². The molecule has 1 aliphatic heterocycles. The first-order valence-corrected chi connectivity index (χ1v) is 15.9. The van der Waals surface area contributed by atoms with Gasteiger partial charge in [-0.05, 0) is 54.8 Å². The largest absolute Gasteiger partial charge is 0.398 e. The number of allylic oxidation sites excluding steroid dienone is 1. The van der Waals surface area contributed by atoms with E-state index in [1.165, 1.54) is 18.2 Å². The molecule has 3 aromatic rings. The van der Waals surface area contributed by atoms with Gasteiger partial charge in [0.2, 0.25) is 10.0 Å². The van der Waals surface area contributed by atoms with Crippen molar-refractivity contribution in [3.63, 3.8) is 0 Å². The Hall–Kier alpha value is -3.74. The van der Waals surface area contributed by atoms with Crippen molar-refractivity contribution in [3.05, 3.63) is 124 Å². The second kappa shape index (κ2) is 12.4. The lowest BCUT2D eigenvalue weighted by molar-refractivity contribution is 0.575. The number of sulfonamides is 1. The van der Waals surface area contributed by atoms with E-state index in [9.17, 15) is 30.0 Å². The zero-order chi connectivity index (χ0) is 29.8. The van der Waals surface area contributed by atoms with Gasteiger partial charge < -0.3 is 5.73 Å². The highest BCUT2D eigenvalue weighted by Gasteiger charge is 2.35. The number of halogens is 3. The van der Waals surface area contributed by atoms with Crippen LogP contribution in [0.4, 0.5) is 18.9 Å². The summed E-state index contributed by atoms with van der Waals surface area (Å²) in [4.78, 5) is 4.34. The van der Waals surface area contributed by atoms with Gasteiger partial charge in [0, 0.05) is 34.7 Å². The molecule has 216 valence electrons. The third kappa shape index (κ3) is 8.15. The Labute approximate surface area is 237 Å². The standard InChI is InChI=1S/C29H28F3N3O4S2/c1-19(21-7-3-2-4-8-21)35-41(38,39)13-12-27(33)25-18-40(36,37)17-22(14-20-6-5-9-23(30)15-20)29(25)34-28-11-10-24(31)16-26(28)32/h2-13,15-16,19,22,35H,14,17-18,33H2,1H3/b13-12+,27-25?,34-29?/t19-,22?/m0/s1. The van der Waals surface area contributed by atoms with E-state index in [1.54, 1.807) is 43.3 Å². The molecule has 2 atom stereocenters. The SMILES string of the molecule is C[C@H](NS(=O)(=O)/C=C/C(N)=C1CS(=O)(=O)CC(Cc2cccc(F)c2)C1=Nc1ccc(F)cc1F)c1ccccc1. The topological polar surface area (TPSA) is 119 Å². The van der Waals surface area contributed by atoms with Crippen LogP contribution in [0.15, 0.2) is 101 Å². The lowest BCUT2D eigenvalue weighted by atomic mass is 9.90. The Bertz CT molecular complexity index is 1740. The minimum Gasteiger partial charge on any atom is -0.398 e. The summed E-state index contributed by atoms with van der Waals surface area (Å²) in [5.74, 6) is -4.18. The van der Waals surface area contributed by atoms with Crippen LogP contribution in [-0.4, -0.2) is 34.1 Å². The average Bonchev–Trinajstić information content (AvgIpc) is 2.90. The van der Waals surface area contributed by atoms with Crippen molar-refractivity contribution < 1.29 is 30.0 Å². The Morgan fingerprint density at radius 1 is 1.05 bits per heavy atom. The molecule has 0 radical (unpaired) electrons. The minimum atomic E-state index is -4.02. The van der Waals surface area contributed by atoms with Gasteiger partial charge in [-0.15, -0.1) is 0 Å². The lowest BCUT2D eigenvalue weighted by Crippen LogP contribution is -2.38. The fourth-order valence-corrected chi connectivity index (χ4v) is 7.33. The molecule has 4 rings (SSSR count). The summed E-state index contributed by atoms with van der Waals surface area (Å²) < 4.78 is 96.0. The monoisotopic (exact) mass is 603 g/mol. The number of aliphatic imine (C=N–C) groups is 1. The third-order valence-corrected chi connectivity index (χ3v) is 9.27. The molecular formula is C29H28F3N3O4S2. The van der Waals surface area contributed by atoms with Crippen LogP contribution in [0.2, 0.25) is 0 Å². The van der Waals surface area contributed by atoms with Crippen molar-refractivity contribution >= 4 is 31.3 Å². The molecule has 0 aromatic heterocycles. The summed E-state index contributed by atoms with van der Waals surface area (Å²) in [6.45, 7) is 1.66. The van der Waals surface area contributed by atoms with Gasteiger partial charge in [0.25, 0.3) is 0 Å². The van der Waals surface area contributed by atoms with Gasteiger partial charge in [-0.25, -0.2) is 39.7 Å². The molecule has 1 aliphatic rings. The molecule has 0 spiro atoms. The van der Waals surface area contributed by atoms with Crippen molar-refractivity contribution in [2.45, 2.75) is 19.4 Å². The van der Waals surface area contributed by atoms with Crippen molar-refractivity contribution in [1.82, 2.24) is 4.72 Å². The molecule has 1 fully saturated rings. The maximum absolute atomic E-state index is 14.6. The molecule has 3 aromatic carbocycles. The van der Waals surface area contributed by atoms with E-state index in [4.69, 9.17) is 5.73 Å². The molecule has 1 heterocycles. The van der Waals surface area contributed by atoms with Crippen molar-refractivity contribution in [2.75, 3.05) is 11.5 Å². The van der Waals surface area contributed by atoms with Crippen LogP contribution >= 0.6 is 0 Å². The molecule has 0 bridgehead atoms. The molecule has 1 unspecified atom stereocenters. The molecule has 0 aliphatic carbocycles. The van der Waals surface area contributed by atoms with Crippen molar-refractivity contribution in [2.24, 2.45) is 16.6 Å². The number of benzene rings is 3. The number of rotatable bonds is 8. The first-order chi connectivity index (χ1) is 19.3. The second-order valence-corrected chi connectivity index (χ2v) is 13.4. The third-order valence-electron chi connectivity index (χ3n) is 6.45. The predicted octanol–water partition coefficient (Wildman–Crippen LogP) is 4.87. The summed E-state index contributed by atoms with van der Waals surface area (Å²) in [7, 11) is -7.80. The van der Waals surface area contributed by atoms with Gasteiger partial charge in [-0.1, -0.05) is 42.5 Å². The maximum Gasteiger partial charge on any atom is 0.234 e. The van der Waals surface area contributed by atoms with E-state index < -0.39 is 55.0 Å². The van der Waals surface area contributed by atoms with Crippen LogP contribution in [0.1, 0.15) is 24.1 Å². The summed E-state index contributed by atoms with van der Waals surface area (Å²) >= 11 is 0. The first-order valence-electron chi connectivity index (χ1n) is 12.5. The van der Waals surface area contributed by atoms with Gasteiger partial charge in [0.05, 0.1) is 22.9 Å². The van der Waals surface area contributed by atoms with E-state index in [-0.39, 0.29) is 34.8 Å². The zero-order valence-electron chi connectivity index (χ0n) is 22.0. The van der Waals surface area contributed by atoms with Crippen LogP contribution < -0.4 is 10.5 Å². The van der Waals surface area contributed by atoms with E-state index in [0.29, 0.717) is 11.6 Å². The lowest BCUT2D eigenvalue weighted by Gasteiger charge is -2.28. The Morgan fingerprint density at radius 3 is 2.44 bits per heavy atom. The van der Waals surface area contributed by atoms with E-state index in [0.717, 1.165) is 29.2 Å². The molecule has 0 saturated carbocycles. The number of nitrogens with two attached hydrogens (primary N) is 1. The Morgan fingerprint density at radius 2 is 1.76 bits per heavy atom. The van der Waals surface area contributed by atoms with E-state index in [1.807, 2.05) is 0 Å². The molecule has 1 saturated heterocycles. The number of sulfone groups is 1. The molecule has 3 N–H and O–H groups in total. The average molecular weight is 604 g/mol. The second-order valence-electron chi connectivity index (χ2n) is 9.71. The fourth-order valence-electron chi connectivity index (χ4n) is 4.54. The van der Waals surface area contributed by atoms with E-state index in [2.05, 4.69) is 9.71 Å². The summed E-state index contributed by atoms with van der Waals surface area (Å²) in [5.41, 5.74) is 7.03. The fraction of sp³-hybridized carbons (Fsp3) is 0.207. The van der Waals surface area contributed by atoms with Gasteiger partial charge in [0.1, 0.15) is 11.6 Å².